The molecule has 0 fully saturated rings. The van der Waals surface area contributed by atoms with E-state index in [2.05, 4.69) is 10.6 Å². The number of rotatable bonds is 5. The van der Waals surface area contributed by atoms with Crippen LogP contribution in [-0.4, -0.2) is 24.3 Å². The number of hydrogen-bond acceptors (Lipinski definition) is 3. The van der Waals surface area contributed by atoms with Crippen molar-refractivity contribution in [3.8, 4) is 0 Å². The van der Waals surface area contributed by atoms with E-state index in [0.29, 0.717) is 6.54 Å². The third kappa shape index (κ3) is 7.04. The zero-order valence-electron chi connectivity index (χ0n) is 12.8. The maximum Gasteiger partial charge on any atom is 0.407 e. The molecule has 118 valence electrons. The van der Waals surface area contributed by atoms with E-state index >= 15 is 0 Å². The Morgan fingerprint density at radius 2 is 2.00 bits per heavy atom. The number of alkyl carbamates (subject to hydrolysis) is 1. The standard InChI is InChI=1S/C15H22F2N2O2/c1-10(19-14(20)21-15(2,3)4)8-18-9-11-7-12(16)5-6-13(11)17/h5-7,10,18H,8-9H2,1-4H3,(H,19,20). The molecule has 0 heterocycles. The maximum atomic E-state index is 13.4. The SMILES string of the molecule is CC(CNCc1cc(F)ccc1F)NC(=O)OC(C)(C)C. The van der Waals surface area contributed by atoms with Crippen molar-refractivity contribution in [3.05, 3.63) is 35.4 Å². The van der Waals surface area contributed by atoms with Gasteiger partial charge in [-0.15, -0.1) is 0 Å². The van der Waals surface area contributed by atoms with E-state index in [1.54, 1.807) is 27.7 Å². The van der Waals surface area contributed by atoms with Crippen molar-refractivity contribution in [1.29, 1.82) is 0 Å². The first-order valence-corrected chi connectivity index (χ1v) is 6.81. The van der Waals surface area contributed by atoms with Gasteiger partial charge in [-0.25, -0.2) is 13.6 Å². The van der Waals surface area contributed by atoms with Gasteiger partial charge in [-0.05, 0) is 45.9 Å². The summed E-state index contributed by atoms with van der Waals surface area (Å²) in [6.07, 6.45) is -0.506. The molecule has 1 amide bonds. The smallest absolute Gasteiger partial charge is 0.407 e. The van der Waals surface area contributed by atoms with Gasteiger partial charge in [0.05, 0.1) is 0 Å². The fraction of sp³-hybridized carbons (Fsp3) is 0.533. The lowest BCUT2D eigenvalue weighted by Crippen LogP contribution is -2.42. The summed E-state index contributed by atoms with van der Waals surface area (Å²) in [5.41, 5.74) is -0.304. The average Bonchev–Trinajstić information content (AvgIpc) is 2.31. The van der Waals surface area contributed by atoms with Crippen LogP contribution >= 0.6 is 0 Å². The molecular formula is C15H22F2N2O2. The molecular weight excluding hydrogens is 278 g/mol. The van der Waals surface area contributed by atoms with Crippen molar-refractivity contribution < 1.29 is 18.3 Å². The summed E-state index contributed by atoms with van der Waals surface area (Å²) in [6, 6.07) is 3.12. The minimum atomic E-state index is -0.554. The van der Waals surface area contributed by atoms with Crippen molar-refractivity contribution in [2.24, 2.45) is 0 Å². The van der Waals surface area contributed by atoms with Gasteiger partial charge in [-0.3, -0.25) is 0 Å². The number of carbonyl (C=O) groups excluding carboxylic acids is 1. The van der Waals surface area contributed by atoms with Crippen LogP contribution in [0.1, 0.15) is 33.3 Å². The van der Waals surface area contributed by atoms with Crippen molar-refractivity contribution >= 4 is 6.09 Å². The number of halogens is 2. The Kier molecular flexibility index (Phi) is 6.08. The van der Waals surface area contributed by atoms with Gasteiger partial charge in [0.15, 0.2) is 0 Å². The van der Waals surface area contributed by atoms with Crippen LogP contribution in [0.25, 0.3) is 0 Å². The van der Waals surface area contributed by atoms with Gasteiger partial charge in [-0.2, -0.15) is 0 Å². The highest BCUT2D eigenvalue weighted by Crippen LogP contribution is 2.09. The number of ether oxygens (including phenoxy) is 1. The van der Waals surface area contributed by atoms with Gasteiger partial charge >= 0.3 is 6.09 Å². The van der Waals surface area contributed by atoms with Crippen molar-refractivity contribution in [3.63, 3.8) is 0 Å². The van der Waals surface area contributed by atoms with Crippen LogP contribution in [0, 0.1) is 11.6 Å². The Bertz CT molecular complexity index is 487. The molecule has 0 aliphatic heterocycles. The summed E-state index contributed by atoms with van der Waals surface area (Å²) in [7, 11) is 0. The maximum absolute atomic E-state index is 13.4. The molecule has 2 N–H and O–H groups in total. The van der Waals surface area contributed by atoms with Crippen LogP contribution in [-0.2, 0) is 11.3 Å². The van der Waals surface area contributed by atoms with E-state index < -0.39 is 23.3 Å². The van der Waals surface area contributed by atoms with Gasteiger partial charge in [0, 0.05) is 24.7 Å². The lowest BCUT2D eigenvalue weighted by atomic mass is 10.2. The van der Waals surface area contributed by atoms with Crippen LogP contribution in [0.15, 0.2) is 18.2 Å². The molecule has 1 rings (SSSR count). The van der Waals surface area contributed by atoms with Gasteiger partial charge in [0.2, 0.25) is 0 Å². The Morgan fingerprint density at radius 3 is 2.62 bits per heavy atom. The molecule has 1 unspecified atom stereocenters. The first-order chi connectivity index (χ1) is 9.67. The molecule has 0 bridgehead atoms. The minimum absolute atomic E-state index is 0.184. The van der Waals surface area contributed by atoms with Crippen LogP contribution in [0.2, 0.25) is 0 Å². The van der Waals surface area contributed by atoms with Crippen molar-refractivity contribution in [2.75, 3.05) is 6.54 Å². The Morgan fingerprint density at radius 1 is 1.33 bits per heavy atom. The fourth-order valence-corrected chi connectivity index (χ4v) is 1.66. The molecule has 1 aromatic carbocycles. The molecule has 0 aliphatic rings. The van der Waals surface area contributed by atoms with E-state index in [1.165, 1.54) is 0 Å². The minimum Gasteiger partial charge on any atom is -0.444 e. The highest BCUT2D eigenvalue weighted by atomic mass is 19.1. The normalized spacial score (nSPS) is 12.9. The third-order valence-corrected chi connectivity index (χ3v) is 2.54. The number of benzene rings is 1. The second-order valence-electron chi connectivity index (χ2n) is 5.91. The van der Waals surface area contributed by atoms with Crippen LogP contribution in [0.4, 0.5) is 13.6 Å². The monoisotopic (exact) mass is 300 g/mol. The molecule has 1 aromatic rings. The second-order valence-corrected chi connectivity index (χ2v) is 5.91. The molecule has 6 heteroatoms. The largest absolute Gasteiger partial charge is 0.444 e. The molecule has 0 spiro atoms. The summed E-state index contributed by atoms with van der Waals surface area (Å²) >= 11 is 0. The molecule has 0 aliphatic carbocycles. The zero-order valence-corrected chi connectivity index (χ0v) is 12.8. The molecule has 21 heavy (non-hydrogen) atoms. The van der Waals surface area contributed by atoms with E-state index in [1.807, 2.05) is 0 Å². The lowest BCUT2D eigenvalue weighted by molar-refractivity contribution is 0.0508. The summed E-state index contributed by atoms with van der Waals surface area (Å²) < 4.78 is 31.5. The lowest BCUT2D eigenvalue weighted by Gasteiger charge is -2.22. The zero-order chi connectivity index (χ0) is 16.0. The summed E-state index contributed by atoms with van der Waals surface area (Å²) in [5, 5.41) is 5.62. The van der Waals surface area contributed by atoms with E-state index in [4.69, 9.17) is 4.74 Å². The number of carbonyl (C=O) groups is 1. The number of amides is 1. The molecule has 0 saturated heterocycles. The predicted octanol–water partition coefficient (Wildman–Crippen LogP) is 2.97. The number of nitrogens with one attached hydrogen (secondary N) is 2. The Balaban J connectivity index is 2.35. The summed E-state index contributed by atoms with van der Waals surface area (Å²) in [5.74, 6) is -0.940. The van der Waals surface area contributed by atoms with Gasteiger partial charge < -0.3 is 15.4 Å². The molecule has 1 atom stereocenters. The molecule has 4 nitrogen and oxygen atoms in total. The van der Waals surface area contributed by atoms with Gasteiger partial charge in [0.1, 0.15) is 17.2 Å². The summed E-state index contributed by atoms with van der Waals surface area (Å²) in [6.45, 7) is 7.73. The number of hydrogen-bond donors (Lipinski definition) is 2. The quantitative estimate of drug-likeness (QED) is 0.879. The van der Waals surface area contributed by atoms with Gasteiger partial charge in [-0.1, -0.05) is 0 Å². The van der Waals surface area contributed by atoms with E-state index in [9.17, 15) is 13.6 Å². The highest BCUT2D eigenvalue weighted by Gasteiger charge is 2.17. The van der Waals surface area contributed by atoms with E-state index in [0.717, 1.165) is 18.2 Å². The van der Waals surface area contributed by atoms with Gasteiger partial charge in [0.25, 0.3) is 0 Å². The van der Waals surface area contributed by atoms with Crippen LogP contribution in [0.5, 0.6) is 0 Å². The van der Waals surface area contributed by atoms with Crippen molar-refractivity contribution in [1.82, 2.24) is 10.6 Å². The fourth-order valence-electron chi connectivity index (χ4n) is 1.66. The predicted molar refractivity (Wildman–Crippen MR) is 76.9 cm³/mol. The average molecular weight is 300 g/mol. The first-order valence-electron chi connectivity index (χ1n) is 6.81. The van der Waals surface area contributed by atoms with E-state index in [-0.39, 0.29) is 18.2 Å². The van der Waals surface area contributed by atoms with Crippen molar-refractivity contribution in [2.45, 2.75) is 45.9 Å². The van der Waals surface area contributed by atoms with Crippen LogP contribution in [0.3, 0.4) is 0 Å². The Labute approximate surface area is 123 Å². The third-order valence-electron chi connectivity index (χ3n) is 2.54. The molecule has 0 radical (unpaired) electrons. The second kappa shape index (κ2) is 7.36. The summed E-state index contributed by atoms with van der Waals surface area (Å²) in [4.78, 5) is 11.5. The highest BCUT2D eigenvalue weighted by molar-refractivity contribution is 5.68. The topological polar surface area (TPSA) is 50.4 Å². The molecule has 0 saturated carbocycles. The van der Waals surface area contributed by atoms with Crippen LogP contribution < -0.4 is 10.6 Å². The molecule has 0 aromatic heterocycles. The Hall–Kier alpha value is -1.69. The first kappa shape index (κ1) is 17.4.